The zero-order valence-corrected chi connectivity index (χ0v) is 28.9. The Morgan fingerprint density at radius 2 is 1.74 bits per heavy atom. The molecule has 10 atom stereocenters. The van der Waals surface area contributed by atoms with Gasteiger partial charge in [-0.05, 0) is 116 Å². The summed E-state index contributed by atoms with van der Waals surface area (Å²) in [5.41, 5.74) is 4.59. The molecule has 3 fully saturated rings. The molecule has 4 aliphatic carbocycles. The lowest BCUT2D eigenvalue weighted by molar-refractivity contribution is -0.141. The average molecular weight is 656 g/mol. The number of amides is 1. The maximum atomic E-state index is 13.0. The third-order valence-electron chi connectivity index (χ3n) is 13.1. The van der Waals surface area contributed by atoms with Gasteiger partial charge in [-0.15, -0.1) is 0 Å². The zero-order valence-electron chi connectivity index (χ0n) is 28.1. The van der Waals surface area contributed by atoms with Crippen LogP contribution in [0.15, 0.2) is 53.6 Å². The highest BCUT2D eigenvalue weighted by molar-refractivity contribution is 7.80. The van der Waals surface area contributed by atoms with Gasteiger partial charge in [0.15, 0.2) is 6.04 Å². The number of carbonyl (C=O) groups is 2. The summed E-state index contributed by atoms with van der Waals surface area (Å²) >= 11 is 0. The van der Waals surface area contributed by atoms with E-state index in [0.29, 0.717) is 41.2 Å². The Kier molecular flexibility index (Phi) is 9.99. The SMILES string of the molecule is C=C(C(=O)N[C@H](C(=O)O)c1ccccc1)C(C)CC[C@@H](C)[C@H]1CCC2=C3CCC4[C@H](C)[C@@H](OS(=O)(=O)O)CC[C@]4(C)C3CC[C@@]21C. The van der Waals surface area contributed by atoms with Crippen LogP contribution in [0.2, 0.25) is 0 Å². The molecular formula is C37H53NO7S. The monoisotopic (exact) mass is 655 g/mol. The van der Waals surface area contributed by atoms with E-state index in [0.717, 1.165) is 51.4 Å². The van der Waals surface area contributed by atoms with Gasteiger partial charge in [0.1, 0.15) is 0 Å². The molecular weight excluding hydrogens is 602 g/mol. The molecule has 1 amide bonds. The average Bonchev–Trinajstić information content (AvgIpc) is 3.36. The molecule has 0 heterocycles. The highest BCUT2D eigenvalue weighted by Crippen LogP contribution is 2.66. The van der Waals surface area contributed by atoms with Crippen LogP contribution in [-0.2, 0) is 24.2 Å². The van der Waals surface area contributed by atoms with Gasteiger partial charge in [-0.25, -0.2) is 8.98 Å². The van der Waals surface area contributed by atoms with Crippen molar-refractivity contribution in [3.63, 3.8) is 0 Å². The molecule has 46 heavy (non-hydrogen) atoms. The van der Waals surface area contributed by atoms with E-state index in [-0.39, 0.29) is 22.7 Å². The van der Waals surface area contributed by atoms with Crippen LogP contribution in [0.1, 0.15) is 110 Å². The van der Waals surface area contributed by atoms with Crippen LogP contribution in [0.25, 0.3) is 0 Å². The molecule has 1 aromatic rings. The Balaban J connectivity index is 1.22. The summed E-state index contributed by atoms with van der Waals surface area (Å²) in [7, 11) is -4.47. The predicted molar refractivity (Wildman–Crippen MR) is 178 cm³/mol. The molecule has 0 aromatic heterocycles. The van der Waals surface area contributed by atoms with Crippen molar-refractivity contribution in [3.05, 3.63) is 59.2 Å². The van der Waals surface area contributed by atoms with Gasteiger partial charge in [0.25, 0.3) is 0 Å². The van der Waals surface area contributed by atoms with Crippen LogP contribution in [0.3, 0.4) is 0 Å². The molecule has 3 N–H and O–H groups in total. The fraction of sp³-hybridized carbons (Fsp3) is 0.676. The van der Waals surface area contributed by atoms with Gasteiger partial charge in [0.05, 0.1) is 6.10 Å². The molecule has 5 rings (SSSR count). The van der Waals surface area contributed by atoms with Crippen molar-refractivity contribution < 1.29 is 31.8 Å². The third kappa shape index (κ3) is 6.61. The molecule has 0 saturated heterocycles. The highest BCUT2D eigenvalue weighted by atomic mass is 32.3. The van der Waals surface area contributed by atoms with Crippen LogP contribution >= 0.6 is 0 Å². The molecule has 1 aromatic carbocycles. The zero-order chi connectivity index (χ0) is 33.6. The quantitative estimate of drug-likeness (QED) is 0.127. The van der Waals surface area contributed by atoms with Crippen molar-refractivity contribution in [1.29, 1.82) is 0 Å². The number of rotatable bonds is 11. The van der Waals surface area contributed by atoms with Gasteiger partial charge < -0.3 is 10.4 Å². The van der Waals surface area contributed by atoms with E-state index in [1.54, 1.807) is 35.4 Å². The van der Waals surface area contributed by atoms with Crippen molar-refractivity contribution in [1.82, 2.24) is 5.32 Å². The van der Waals surface area contributed by atoms with E-state index in [4.69, 9.17) is 4.18 Å². The topological polar surface area (TPSA) is 130 Å². The normalized spacial score (nSPS) is 34.4. The number of carboxylic acids is 1. The summed E-state index contributed by atoms with van der Waals surface area (Å²) in [6, 6.07) is 7.62. The van der Waals surface area contributed by atoms with E-state index in [1.165, 1.54) is 6.42 Å². The maximum absolute atomic E-state index is 13.0. The molecule has 9 heteroatoms. The lowest BCUT2D eigenvalue weighted by atomic mass is 9.47. The maximum Gasteiger partial charge on any atom is 0.397 e. The second kappa shape index (κ2) is 13.2. The number of aliphatic carboxylic acids is 1. The van der Waals surface area contributed by atoms with Crippen LogP contribution < -0.4 is 5.32 Å². The number of benzene rings is 1. The number of carboxylic acid groups (broad SMARTS) is 1. The van der Waals surface area contributed by atoms with Gasteiger partial charge in [-0.1, -0.05) is 82.7 Å². The number of hydrogen-bond acceptors (Lipinski definition) is 5. The fourth-order valence-electron chi connectivity index (χ4n) is 10.4. The first-order valence-corrected chi connectivity index (χ1v) is 18.6. The minimum absolute atomic E-state index is 0.0624. The summed E-state index contributed by atoms with van der Waals surface area (Å²) in [6.45, 7) is 15.4. The molecule has 0 aliphatic heterocycles. The molecule has 3 unspecified atom stereocenters. The highest BCUT2D eigenvalue weighted by Gasteiger charge is 2.57. The minimum atomic E-state index is -4.47. The van der Waals surface area contributed by atoms with E-state index >= 15 is 0 Å². The summed E-state index contributed by atoms with van der Waals surface area (Å²) in [6.07, 6.45) is 9.63. The first-order chi connectivity index (χ1) is 21.6. The first kappa shape index (κ1) is 34.8. The second-order valence-electron chi connectivity index (χ2n) is 15.4. The van der Waals surface area contributed by atoms with Gasteiger partial charge in [0.2, 0.25) is 5.91 Å². The Bertz CT molecular complexity index is 1470. The minimum Gasteiger partial charge on any atom is -0.479 e. The van der Waals surface area contributed by atoms with Crippen LogP contribution in [0, 0.1) is 46.3 Å². The Labute approximate surface area is 275 Å². The number of fused-ring (bicyclic) bond motifs is 4. The van der Waals surface area contributed by atoms with Gasteiger partial charge in [0, 0.05) is 5.57 Å². The molecule has 0 radical (unpaired) electrons. The van der Waals surface area contributed by atoms with Crippen LogP contribution in [-0.4, -0.2) is 36.1 Å². The van der Waals surface area contributed by atoms with Crippen molar-refractivity contribution in [3.8, 4) is 0 Å². The predicted octanol–water partition coefficient (Wildman–Crippen LogP) is 7.69. The van der Waals surface area contributed by atoms with E-state index in [9.17, 15) is 27.7 Å². The van der Waals surface area contributed by atoms with Crippen molar-refractivity contribution >= 4 is 22.3 Å². The van der Waals surface area contributed by atoms with E-state index < -0.39 is 34.4 Å². The van der Waals surface area contributed by atoms with Gasteiger partial charge >= 0.3 is 16.4 Å². The van der Waals surface area contributed by atoms with Crippen LogP contribution in [0.4, 0.5) is 0 Å². The number of allylic oxidation sites excluding steroid dienone is 2. The van der Waals surface area contributed by atoms with Gasteiger partial charge in [-0.3, -0.25) is 9.35 Å². The standard InChI is InChI=1S/C37H53NO7S/c1-22(24(3)34(39)38-33(35(40)41)26-10-8-7-9-11-26)12-13-23(2)28-16-17-30-27-14-15-29-25(4)32(45-46(42,43)44)19-21-37(29,6)31(27)18-20-36(28,30)5/h7-11,22-23,25,28-29,31-33H,3,12-21H2,1-2,4-6H3,(H,38,39)(H,40,41)(H,42,43,44)/t22?,23-,25+,28-,29?,31?,32+,33+,36-,37+/m1/s1. The smallest absolute Gasteiger partial charge is 0.397 e. The lowest BCUT2D eigenvalue weighted by Crippen LogP contribution is -2.52. The molecule has 0 bridgehead atoms. The first-order valence-electron chi connectivity index (χ1n) is 17.2. The second-order valence-corrected chi connectivity index (χ2v) is 16.5. The molecule has 8 nitrogen and oxygen atoms in total. The Morgan fingerprint density at radius 3 is 2.39 bits per heavy atom. The van der Waals surface area contributed by atoms with Crippen molar-refractivity contribution in [2.24, 2.45) is 46.3 Å². The summed E-state index contributed by atoms with van der Waals surface area (Å²) in [4.78, 5) is 24.9. The summed E-state index contributed by atoms with van der Waals surface area (Å²) in [5.74, 6) is 0.442. The number of hydrogen-bond donors (Lipinski definition) is 3. The van der Waals surface area contributed by atoms with Crippen molar-refractivity contribution in [2.45, 2.75) is 111 Å². The van der Waals surface area contributed by atoms with Crippen LogP contribution in [0.5, 0.6) is 0 Å². The molecule has 0 spiro atoms. The fourth-order valence-corrected chi connectivity index (χ4v) is 11.0. The Morgan fingerprint density at radius 1 is 1.04 bits per heavy atom. The van der Waals surface area contributed by atoms with E-state index in [2.05, 4.69) is 39.6 Å². The van der Waals surface area contributed by atoms with Crippen molar-refractivity contribution in [2.75, 3.05) is 0 Å². The number of carbonyl (C=O) groups excluding carboxylic acids is 1. The Hall–Kier alpha value is -2.49. The largest absolute Gasteiger partial charge is 0.479 e. The molecule has 3 saturated carbocycles. The van der Waals surface area contributed by atoms with E-state index in [1.807, 2.05) is 13.0 Å². The lowest BCUT2D eigenvalue weighted by Gasteiger charge is -2.58. The number of nitrogens with one attached hydrogen (secondary N) is 1. The summed E-state index contributed by atoms with van der Waals surface area (Å²) in [5, 5.41) is 12.4. The summed E-state index contributed by atoms with van der Waals surface area (Å²) < 4.78 is 37.5. The van der Waals surface area contributed by atoms with Gasteiger partial charge in [-0.2, -0.15) is 8.42 Å². The third-order valence-corrected chi connectivity index (χ3v) is 13.5. The molecule has 4 aliphatic rings. The molecule has 254 valence electrons.